The average Bonchev–Trinajstić information content (AvgIpc) is 3.09. The van der Waals surface area contributed by atoms with Crippen LogP contribution in [-0.4, -0.2) is 35.8 Å². The second kappa shape index (κ2) is 5.04. The molecule has 0 fully saturated rings. The van der Waals surface area contributed by atoms with E-state index in [0.717, 1.165) is 5.69 Å². The van der Waals surface area contributed by atoms with Crippen molar-refractivity contribution in [2.75, 3.05) is 0 Å². The summed E-state index contributed by atoms with van der Waals surface area (Å²) >= 11 is 0. The molecule has 0 aliphatic rings. The van der Waals surface area contributed by atoms with Gasteiger partial charge in [-0.25, -0.2) is 0 Å². The molecule has 0 N–H and O–H groups in total. The van der Waals surface area contributed by atoms with Crippen LogP contribution in [0.2, 0.25) is 0 Å². The first-order valence-corrected chi connectivity index (χ1v) is 6.08. The number of hydrogen-bond donors (Lipinski definition) is 0. The van der Waals surface area contributed by atoms with Crippen LogP contribution in [0.25, 0.3) is 5.69 Å². The van der Waals surface area contributed by atoms with Gasteiger partial charge in [0.2, 0.25) is 0 Å². The number of carbonyl (C=O) groups is 1. The van der Waals surface area contributed by atoms with Crippen LogP contribution in [0, 0.1) is 0 Å². The summed E-state index contributed by atoms with van der Waals surface area (Å²) in [5.74, 6) is -0.132. The van der Waals surface area contributed by atoms with Crippen LogP contribution in [-0.2, 0) is 13.5 Å². The first-order valence-electron chi connectivity index (χ1n) is 6.08. The Bertz CT molecular complexity index is 730. The number of Topliss-reactive ketones (excluding diaryl/α,β-unsaturated/α-hetero) is 1. The van der Waals surface area contributed by atoms with Crippen molar-refractivity contribution in [3.05, 3.63) is 54.1 Å². The zero-order valence-electron chi connectivity index (χ0n) is 10.8. The molecule has 0 aliphatic carbocycles. The summed E-state index contributed by atoms with van der Waals surface area (Å²) in [7, 11) is 1.76. The standard InChI is InChI=1S/C13H12N6O/c1-18-9-10(15-17-18)7-13(20)12-8-14-19(16-12)11-5-3-2-4-6-11/h2-6,8-9H,7H2,1H3. The molecule has 100 valence electrons. The number of carbonyl (C=O) groups excluding carboxylic acids is 1. The third-order valence-electron chi connectivity index (χ3n) is 2.76. The van der Waals surface area contributed by atoms with Crippen molar-refractivity contribution in [1.29, 1.82) is 0 Å². The van der Waals surface area contributed by atoms with Crippen LogP contribution in [0.5, 0.6) is 0 Å². The highest BCUT2D eigenvalue weighted by Gasteiger charge is 2.14. The number of aromatic nitrogens is 6. The molecule has 3 rings (SSSR count). The highest BCUT2D eigenvalue weighted by atomic mass is 16.1. The molecule has 7 heteroatoms. The van der Waals surface area contributed by atoms with E-state index in [0.29, 0.717) is 11.4 Å². The Labute approximate surface area is 114 Å². The Morgan fingerprint density at radius 2 is 2.05 bits per heavy atom. The van der Waals surface area contributed by atoms with Crippen molar-refractivity contribution in [2.45, 2.75) is 6.42 Å². The molecule has 1 aromatic carbocycles. The Kier molecular flexibility index (Phi) is 3.08. The lowest BCUT2D eigenvalue weighted by Gasteiger charge is -1.97. The van der Waals surface area contributed by atoms with Gasteiger partial charge in [-0.1, -0.05) is 23.4 Å². The molecule has 0 saturated heterocycles. The minimum absolute atomic E-state index is 0.132. The van der Waals surface area contributed by atoms with Crippen molar-refractivity contribution in [3.8, 4) is 5.69 Å². The van der Waals surface area contributed by atoms with Crippen LogP contribution in [0.3, 0.4) is 0 Å². The molecule has 0 aliphatic heterocycles. The Balaban J connectivity index is 1.78. The van der Waals surface area contributed by atoms with Crippen LogP contribution in [0.15, 0.2) is 42.7 Å². The van der Waals surface area contributed by atoms with Gasteiger partial charge in [-0.15, -0.1) is 10.2 Å². The number of hydrogen-bond acceptors (Lipinski definition) is 5. The normalized spacial score (nSPS) is 10.7. The zero-order valence-corrected chi connectivity index (χ0v) is 10.8. The second-order valence-corrected chi connectivity index (χ2v) is 4.34. The number of benzene rings is 1. The summed E-state index contributed by atoms with van der Waals surface area (Å²) in [5, 5.41) is 16.0. The van der Waals surface area contributed by atoms with E-state index in [1.54, 1.807) is 17.9 Å². The van der Waals surface area contributed by atoms with Crippen molar-refractivity contribution in [2.24, 2.45) is 7.05 Å². The molecular formula is C13H12N6O. The summed E-state index contributed by atoms with van der Waals surface area (Å²) < 4.78 is 1.56. The maximum atomic E-state index is 12.1. The van der Waals surface area contributed by atoms with Crippen molar-refractivity contribution in [3.63, 3.8) is 0 Å². The number of rotatable bonds is 4. The smallest absolute Gasteiger partial charge is 0.190 e. The molecular weight excluding hydrogens is 256 g/mol. The summed E-state index contributed by atoms with van der Waals surface area (Å²) in [6.07, 6.45) is 3.34. The molecule has 0 radical (unpaired) electrons. The molecule has 2 heterocycles. The van der Waals surface area contributed by atoms with Gasteiger partial charge in [-0.05, 0) is 12.1 Å². The average molecular weight is 268 g/mol. The maximum absolute atomic E-state index is 12.1. The monoisotopic (exact) mass is 268 g/mol. The molecule has 0 atom stereocenters. The predicted molar refractivity (Wildman–Crippen MR) is 70.4 cm³/mol. The maximum Gasteiger partial charge on any atom is 0.190 e. The fourth-order valence-electron chi connectivity index (χ4n) is 1.81. The summed E-state index contributed by atoms with van der Waals surface area (Å²) in [6.45, 7) is 0. The van der Waals surface area contributed by atoms with Crippen molar-refractivity contribution in [1.82, 2.24) is 30.0 Å². The fourth-order valence-corrected chi connectivity index (χ4v) is 1.81. The van der Waals surface area contributed by atoms with Gasteiger partial charge in [0.25, 0.3) is 0 Å². The predicted octanol–water partition coefficient (Wildman–Crippen LogP) is 0.821. The Hall–Kier alpha value is -2.83. The lowest BCUT2D eigenvalue weighted by molar-refractivity contribution is 0.0986. The van der Waals surface area contributed by atoms with Crippen LogP contribution >= 0.6 is 0 Å². The molecule has 2 aromatic heterocycles. The molecule has 7 nitrogen and oxygen atoms in total. The Morgan fingerprint density at radius 1 is 1.25 bits per heavy atom. The minimum Gasteiger partial charge on any atom is -0.292 e. The van der Waals surface area contributed by atoms with Gasteiger partial charge in [0.15, 0.2) is 5.78 Å². The topological polar surface area (TPSA) is 78.5 Å². The highest BCUT2D eigenvalue weighted by Crippen LogP contribution is 2.06. The van der Waals surface area contributed by atoms with E-state index in [4.69, 9.17) is 0 Å². The van der Waals surface area contributed by atoms with E-state index < -0.39 is 0 Å². The first kappa shape index (κ1) is 12.2. The van der Waals surface area contributed by atoms with Crippen LogP contribution in [0.4, 0.5) is 0 Å². The number of nitrogens with zero attached hydrogens (tertiary/aromatic N) is 6. The number of ketones is 1. The molecule has 3 aromatic rings. The van der Waals surface area contributed by atoms with Crippen molar-refractivity contribution >= 4 is 5.78 Å². The zero-order chi connectivity index (χ0) is 13.9. The lowest BCUT2D eigenvalue weighted by atomic mass is 10.2. The number of para-hydroxylation sites is 1. The third-order valence-corrected chi connectivity index (χ3v) is 2.76. The second-order valence-electron chi connectivity index (χ2n) is 4.34. The lowest BCUT2D eigenvalue weighted by Crippen LogP contribution is -2.06. The van der Waals surface area contributed by atoms with Crippen LogP contribution < -0.4 is 0 Å². The summed E-state index contributed by atoms with van der Waals surface area (Å²) in [5.41, 5.74) is 1.75. The third kappa shape index (κ3) is 2.46. The van der Waals surface area contributed by atoms with E-state index in [1.165, 1.54) is 11.0 Å². The van der Waals surface area contributed by atoms with E-state index in [1.807, 2.05) is 30.3 Å². The van der Waals surface area contributed by atoms with E-state index in [9.17, 15) is 4.79 Å². The molecule has 0 saturated carbocycles. The largest absolute Gasteiger partial charge is 0.292 e. The molecule has 20 heavy (non-hydrogen) atoms. The van der Waals surface area contributed by atoms with Gasteiger partial charge in [-0.3, -0.25) is 9.48 Å². The SMILES string of the molecule is Cn1cc(CC(=O)c2cnn(-c3ccccc3)n2)nn1. The quantitative estimate of drug-likeness (QED) is 0.655. The highest BCUT2D eigenvalue weighted by molar-refractivity contribution is 5.95. The van der Waals surface area contributed by atoms with Crippen molar-refractivity contribution < 1.29 is 4.79 Å². The molecule has 0 unspecified atom stereocenters. The van der Waals surface area contributed by atoms with E-state index >= 15 is 0 Å². The Morgan fingerprint density at radius 3 is 2.75 bits per heavy atom. The number of aryl methyl sites for hydroxylation is 1. The van der Waals surface area contributed by atoms with Gasteiger partial charge < -0.3 is 0 Å². The summed E-state index contributed by atoms with van der Waals surface area (Å²) in [6, 6.07) is 9.43. The van der Waals surface area contributed by atoms with Gasteiger partial charge in [-0.2, -0.15) is 9.90 Å². The van der Waals surface area contributed by atoms with Gasteiger partial charge in [0.1, 0.15) is 5.69 Å². The minimum atomic E-state index is -0.132. The molecule has 0 amide bonds. The fraction of sp³-hybridized carbons (Fsp3) is 0.154. The molecule has 0 spiro atoms. The first-order chi connectivity index (χ1) is 9.72. The van der Waals surface area contributed by atoms with Gasteiger partial charge in [0.05, 0.1) is 24.0 Å². The van der Waals surface area contributed by atoms with Crippen LogP contribution in [0.1, 0.15) is 16.2 Å². The van der Waals surface area contributed by atoms with Gasteiger partial charge in [0, 0.05) is 13.2 Å². The summed E-state index contributed by atoms with van der Waals surface area (Å²) in [4.78, 5) is 13.5. The molecule has 0 bridgehead atoms. The van der Waals surface area contributed by atoms with Gasteiger partial charge >= 0.3 is 0 Å². The van der Waals surface area contributed by atoms with E-state index in [-0.39, 0.29) is 12.2 Å². The van der Waals surface area contributed by atoms with E-state index in [2.05, 4.69) is 20.5 Å².